The number of carbonyl (C=O) groups is 1. The molecule has 0 bridgehead atoms. The zero-order chi connectivity index (χ0) is 19.7. The molecular weight excluding hydrogens is 346 g/mol. The summed E-state index contributed by atoms with van der Waals surface area (Å²) < 4.78 is 0. The number of fused-ring (bicyclic) bond motifs is 1. The van der Waals surface area contributed by atoms with Gasteiger partial charge in [0, 0.05) is 11.1 Å². The molecule has 1 aliphatic rings. The van der Waals surface area contributed by atoms with E-state index in [2.05, 4.69) is 0 Å². The van der Waals surface area contributed by atoms with Crippen LogP contribution >= 0.6 is 0 Å². The Balaban J connectivity index is 1.86. The minimum absolute atomic E-state index is 0.311. The lowest BCUT2D eigenvalue weighted by atomic mass is 9.82. The molecule has 1 heterocycles. The SMILES string of the molecule is C/C=C(\c1ccccc1)C1(O)C(=O)N(Cc2ccccc2)c2ccc(C)cc21. The van der Waals surface area contributed by atoms with Crippen molar-refractivity contribution in [1.29, 1.82) is 0 Å². The predicted octanol–water partition coefficient (Wildman–Crippen LogP) is 4.83. The molecule has 1 N–H and O–H groups in total. The molecule has 28 heavy (non-hydrogen) atoms. The molecule has 3 aromatic rings. The van der Waals surface area contributed by atoms with Crippen molar-refractivity contribution in [2.24, 2.45) is 0 Å². The lowest BCUT2D eigenvalue weighted by Crippen LogP contribution is -2.41. The number of hydrogen-bond donors (Lipinski definition) is 1. The van der Waals surface area contributed by atoms with Gasteiger partial charge in [-0.05, 0) is 31.0 Å². The molecule has 0 radical (unpaired) electrons. The average Bonchev–Trinajstić information content (AvgIpc) is 2.92. The van der Waals surface area contributed by atoms with Gasteiger partial charge in [-0.1, -0.05) is 84.4 Å². The summed E-state index contributed by atoms with van der Waals surface area (Å²) in [6.45, 7) is 4.26. The molecule has 0 saturated carbocycles. The maximum Gasteiger partial charge on any atom is 0.268 e. The van der Waals surface area contributed by atoms with E-state index in [1.807, 2.05) is 98.8 Å². The van der Waals surface area contributed by atoms with Crippen LogP contribution < -0.4 is 4.90 Å². The number of aryl methyl sites for hydroxylation is 1. The number of aliphatic hydroxyl groups is 1. The predicted molar refractivity (Wildman–Crippen MR) is 113 cm³/mol. The molecule has 140 valence electrons. The number of anilines is 1. The van der Waals surface area contributed by atoms with Crippen molar-refractivity contribution in [1.82, 2.24) is 0 Å². The largest absolute Gasteiger partial charge is 0.372 e. The van der Waals surface area contributed by atoms with Crippen LogP contribution in [0.2, 0.25) is 0 Å². The molecule has 3 heteroatoms. The first kappa shape index (κ1) is 18.2. The van der Waals surface area contributed by atoms with Gasteiger partial charge in [0.1, 0.15) is 0 Å². The van der Waals surface area contributed by atoms with E-state index in [4.69, 9.17) is 0 Å². The Morgan fingerprint density at radius 1 is 1.00 bits per heavy atom. The molecular formula is C25H23NO2. The van der Waals surface area contributed by atoms with Crippen molar-refractivity contribution < 1.29 is 9.90 Å². The third-order valence-corrected chi connectivity index (χ3v) is 5.33. The molecule has 1 atom stereocenters. The highest BCUT2D eigenvalue weighted by molar-refractivity contribution is 6.14. The monoisotopic (exact) mass is 369 g/mol. The van der Waals surface area contributed by atoms with Crippen molar-refractivity contribution in [2.75, 3.05) is 4.90 Å². The minimum atomic E-state index is -1.70. The number of hydrogen-bond acceptors (Lipinski definition) is 2. The summed E-state index contributed by atoms with van der Waals surface area (Å²) in [5, 5.41) is 11.8. The smallest absolute Gasteiger partial charge is 0.268 e. The third kappa shape index (κ3) is 2.85. The average molecular weight is 369 g/mol. The fourth-order valence-electron chi connectivity index (χ4n) is 3.98. The van der Waals surface area contributed by atoms with Crippen LogP contribution in [-0.4, -0.2) is 11.0 Å². The van der Waals surface area contributed by atoms with Crippen LogP contribution in [0.3, 0.4) is 0 Å². The lowest BCUT2D eigenvalue weighted by Gasteiger charge is -2.26. The van der Waals surface area contributed by atoms with Crippen LogP contribution in [0.15, 0.2) is 84.9 Å². The standard InChI is InChI=1S/C25H23NO2/c1-3-21(20-12-8-5-9-13-20)25(28)22-16-18(2)14-15-23(22)26(24(25)27)17-19-10-6-4-7-11-19/h3-16,28H,17H2,1-2H3/b21-3+. The summed E-state index contributed by atoms with van der Waals surface area (Å²) in [5.41, 5.74) is 3.19. The minimum Gasteiger partial charge on any atom is -0.372 e. The molecule has 3 aromatic carbocycles. The van der Waals surface area contributed by atoms with E-state index < -0.39 is 5.60 Å². The van der Waals surface area contributed by atoms with Crippen LogP contribution in [0, 0.1) is 6.92 Å². The van der Waals surface area contributed by atoms with Gasteiger partial charge in [0.25, 0.3) is 5.91 Å². The molecule has 1 unspecified atom stereocenters. The van der Waals surface area contributed by atoms with Gasteiger partial charge in [0.15, 0.2) is 5.60 Å². The normalized spacial score (nSPS) is 19.0. The van der Waals surface area contributed by atoms with Gasteiger partial charge in [0.05, 0.1) is 12.2 Å². The maximum atomic E-state index is 13.6. The molecule has 0 saturated heterocycles. The Morgan fingerprint density at radius 3 is 2.29 bits per heavy atom. The Kier molecular flexibility index (Phi) is 4.62. The summed E-state index contributed by atoms with van der Waals surface area (Å²) in [7, 11) is 0. The van der Waals surface area contributed by atoms with Crippen LogP contribution in [0.25, 0.3) is 5.57 Å². The molecule has 1 aliphatic heterocycles. The Morgan fingerprint density at radius 2 is 1.64 bits per heavy atom. The van der Waals surface area contributed by atoms with Crippen LogP contribution in [0.1, 0.15) is 29.2 Å². The molecule has 3 nitrogen and oxygen atoms in total. The fourth-order valence-corrected chi connectivity index (χ4v) is 3.98. The molecule has 4 rings (SSSR count). The van der Waals surface area contributed by atoms with E-state index in [1.54, 1.807) is 4.90 Å². The van der Waals surface area contributed by atoms with Gasteiger partial charge in [-0.2, -0.15) is 0 Å². The quantitative estimate of drug-likeness (QED) is 0.715. The first-order valence-corrected chi connectivity index (χ1v) is 9.47. The first-order chi connectivity index (χ1) is 13.6. The second-order valence-electron chi connectivity index (χ2n) is 7.18. The van der Waals surface area contributed by atoms with Gasteiger partial charge in [-0.3, -0.25) is 4.79 Å². The Labute approximate surface area is 165 Å². The summed E-state index contributed by atoms with van der Waals surface area (Å²) >= 11 is 0. The second kappa shape index (κ2) is 7.10. The van der Waals surface area contributed by atoms with Crippen molar-refractivity contribution in [3.8, 4) is 0 Å². The third-order valence-electron chi connectivity index (χ3n) is 5.33. The van der Waals surface area contributed by atoms with E-state index in [9.17, 15) is 9.90 Å². The van der Waals surface area contributed by atoms with Crippen LogP contribution in [0.4, 0.5) is 5.69 Å². The first-order valence-electron chi connectivity index (χ1n) is 9.47. The molecule has 0 aromatic heterocycles. The number of nitrogens with zero attached hydrogens (tertiary/aromatic N) is 1. The number of amides is 1. The fraction of sp³-hybridized carbons (Fsp3) is 0.160. The van der Waals surface area contributed by atoms with Gasteiger partial charge < -0.3 is 10.0 Å². The van der Waals surface area contributed by atoms with E-state index >= 15 is 0 Å². The second-order valence-corrected chi connectivity index (χ2v) is 7.18. The Bertz CT molecular complexity index is 1040. The molecule has 1 amide bonds. The van der Waals surface area contributed by atoms with Crippen molar-refractivity contribution in [3.63, 3.8) is 0 Å². The lowest BCUT2D eigenvalue weighted by molar-refractivity contribution is -0.130. The van der Waals surface area contributed by atoms with E-state index in [0.717, 1.165) is 22.4 Å². The zero-order valence-electron chi connectivity index (χ0n) is 16.1. The van der Waals surface area contributed by atoms with Crippen molar-refractivity contribution in [3.05, 3.63) is 107 Å². The molecule has 0 spiro atoms. The van der Waals surface area contributed by atoms with E-state index in [0.29, 0.717) is 17.7 Å². The summed E-state index contributed by atoms with van der Waals surface area (Å²) in [5.74, 6) is -0.311. The van der Waals surface area contributed by atoms with Gasteiger partial charge in [-0.15, -0.1) is 0 Å². The topological polar surface area (TPSA) is 40.5 Å². The molecule has 0 aliphatic carbocycles. The maximum absolute atomic E-state index is 13.6. The summed E-state index contributed by atoms with van der Waals surface area (Å²) in [4.78, 5) is 15.3. The van der Waals surface area contributed by atoms with Crippen molar-refractivity contribution >= 4 is 17.2 Å². The highest BCUT2D eigenvalue weighted by atomic mass is 16.3. The van der Waals surface area contributed by atoms with Crippen LogP contribution in [-0.2, 0) is 16.9 Å². The number of allylic oxidation sites excluding steroid dienone is 1. The highest BCUT2D eigenvalue weighted by Gasteiger charge is 2.52. The van der Waals surface area contributed by atoms with E-state index in [1.165, 1.54) is 0 Å². The van der Waals surface area contributed by atoms with Crippen molar-refractivity contribution in [2.45, 2.75) is 26.0 Å². The zero-order valence-corrected chi connectivity index (χ0v) is 16.1. The van der Waals surface area contributed by atoms with Gasteiger partial charge in [0.2, 0.25) is 0 Å². The number of rotatable bonds is 4. The summed E-state index contributed by atoms with van der Waals surface area (Å²) in [6, 6.07) is 25.3. The van der Waals surface area contributed by atoms with Gasteiger partial charge >= 0.3 is 0 Å². The van der Waals surface area contributed by atoms with Gasteiger partial charge in [-0.25, -0.2) is 0 Å². The van der Waals surface area contributed by atoms with Crippen LogP contribution in [0.5, 0.6) is 0 Å². The highest BCUT2D eigenvalue weighted by Crippen LogP contribution is 2.48. The number of benzene rings is 3. The summed E-state index contributed by atoms with van der Waals surface area (Å²) in [6.07, 6.45) is 1.84. The molecule has 0 fully saturated rings. The van der Waals surface area contributed by atoms with E-state index in [-0.39, 0.29) is 5.91 Å². The number of carbonyl (C=O) groups excluding carboxylic acids is 1. The Hall–Kier alpha value is -3.17.